The summed E-state index contributed by atoms with van der Waals surface area (Å²) in [6, 6.07) is 1.98. The number of ether oxygens (including phenoxy) is 1. The van der Waals surface area contributed by atoms with Gasteiger partial charge in [0, 0.05) is 18.0 Å². The lowest BCUT2D eigenvalue weighted by molar-refractivity contribution is 0.323. The van der Waals surface area contributed by atoms with Crippen molar-refractivity contribution in [3.8, 4) is 5.88 Å². The molecule has 1 aliphatic rings. The molecule has 72 valence electrons. The third-order valence-corrected chi connectivity index (χ3v) is 2.93. The quantitative estimate of drug-likeness (QED) is 0.744. The van der Waals surface area contributed by atoms with E-state index in [2.05, 4.69) is 19.0 Å². The molecule has 1 aromatic rings. The maximum atomic E-state index is 5.90. The van der Waals surface area contributed by atoms with Crippen LogP contribution in [0.1, 0.15) is 25.5 Å². The highest BCUT2D eigenvalue weighted by atomic mass is 16.5. The molecule has 1 aliphatic carbocycles. The van der Waals surface area contributed by atoms with Crippen molar-refractivity contribution in [2.75, 3.05) is 7.11 Å². The molecule has 1 aromatic heterocycles. The molecule has 1 saturated carbocycles. The van der Waals surface area contributed by atoms with E-state index in [-0.39, 0.29) is 17.4 Å². The van der Waals surface area contributed by atoms with E-state index in [0.717, 1.165) is 5.76 Å². The molecule has 0 bridgehead atoms. The molecule has 1 fully saturated rings. The SMILES string of the molecule is COc1cc([C@H]2[C@H](N)C2(C)C)on1. The van der Waals surface area contributed by atoms with Crippen LogP contribution in [0, 0.1) is 5.41 Å². The highest BCUT2D eigenvalue weighted by Crippen LogP contribution is 2.57. The molecule has 2 atom stereocenters. The van der Waals surface area contributed by atoms with Gasteiger partial charge in [-0.2, -0.15) is 0 Å². The smallest absolute Gasteiger partial charge is 0.254 e. The molecule has 13 heavy (non-hydrogen) atoms. The molecule has 0 amide bonds. The second kappa shape index (κ2) is 2.48. The maximum absolute atomic E-state index is 5.90. The molecule has 0 spiro atoms. The summed E-state index contributed by atoms with van der Waals surface area (Å²) in [6.07, 6.45) is 0. The first-order valence-corrected chi connectivity index (χ1v) is 4.33. The molecule has 4 heteroatoms. The first-order valence-electron chi connectivity index (χ1n) is 4.33. The number of methoxy groups -OCH3 is 1. The second-order valence-electron chi connectivity index (χ2n) is 4.10. The van der Waals surface area contributed by atoms with Crippen molar-refractivity contribution >= 4 is 0 Å². The highest BCUT2D eigenvalue weighted by molar-refractivity contribution is 5.29. The number of rotatable bonds is 2. The van der Waals surface area contributed by atoms with E-state index < -0.39 is 0 Å². The van der Waals surface area contributed by atoms with E-state index in [1.165, 1.54) is 0 Å². The van der Waals surface area contributed by atoms with Crippen LogP contribution in [0.25, 0.3) is 0 Å². The minimum atomic E-state index is 0.130. The number of nitrogens with two attached hydrogens (primary N) is 1. The number of aromatic nitrogens is 1. The summed E-state index contributed by atoms with van der Waals surface area (Å²) in [5.41, 5.74) is 6.03. The maximum Gasteiger partial charge on any atom is 0.254 e. The Morgan fingerprint density at radius 2 is 2.23 bits per heavy atom. The van der Waals surface area contributed by atoms with Crippen LogP contribution in [-0.4, -0.2) is 18.3 Å². The Hall–Kier alpha value is -1.03. The van der Waals surface area contributed by atoms with Crippen LogP contribution in [0.2, 0.25) is 0 Å². The summed E-state index contributed by atoms with van der Waals surface area (Å²) in [5, 5.41) is 3.74. The van der Waals surface area contributed by atoms with Crippen molar-refractivity contribution in [1.29, 1.82) is 0 Å². The van der Waals surface area contributed by atoms with Crippen molar-refractivity contribution in [3.05, 3.63) is 11.8 Å². The fourth-order valence-electron chi connectivity index (χ4n) is 1.74. The third-order valence-electron chi connectivity index (χ3n) is 2.93. The van der Waals surface area contributed by atoms with Crippen LogP contribution < -0.4 is 10.5 Å². The van der Waals surface area contributed by atoms with Crippen molar-refractivity contribution < 1.29 is 9.26 Å². The fraction of sp³-hybridized carbons (Fsp3) is 0.667. The minimum absolute atomic E-state index is 0.130. The van der Waals surface area contributed by atoms with Crippen LogP contribution in [0.15, 0.2) is 10.6 Å². The molecule has 0 unspecified atom stereocenters. The van der Waals surface area contributed by atoms with E-state index in [0.29, 0.717) is 5.88 Å². The van der Waals surface area contributed by atoms with Gasteiger partial charge in [0.15, 0.2) is 0 Å². The predicted molar refractivity (Wildman–Crippen MR) is 47.6 cm³/mol. The van der Waals surface area contributed by atoms with Gasteiger partial charge < -0.3 is 15.0 Å². The van der Waals surface area contributed by atoms with Crippen LogP contribution >= 0.6 is 0 Å². The molecule has 1 heterocycles. The number of hydrogen-bond acceptors (Lipinski definition) is 4. The van der Waals surface area contributed by atoms with Gasteiger partial charge in [0.1, 0.15) is 5.76 Å². The van der Waals surface area contributed by atoms with Crippen LogP contribution in [-0.2, 0) is 0 Å². The average Bonchev–Trinajstić information content (AvgIpc) is 2.55. The first-order chi connectivity index (χ1) is 6.07. The summed E-state index contributed by atoms with van der Waals surface area (Å²) >= 11 is 0. The zero-order valence-corrected chi connectivity index (χ0v) is 8.07. The van der Waals surface area contributed by atoms with Gasteiger partial charge in [0.25, 0.3) is 5.88 Å². The van der Waals surface area contributed by atoms with E-state index in [9.17, 15) is 0 Å². The van der Waals surface area contributed by atoms with Crippen LogP contribution in [0.3, 0.4) is 0 Å². The molecule has 0 radical (unpaired) electrons. The van der Waals surface area contributed by atoms with Crippen molar-refractivity contribution in [2.45, 2.75) is 25.8 Å². The van der Waals surface area contributed by atoms with E-state index >= 15 is 0 Å². The summed E-state index contributed by atoms with van der Waals surface area (Å²) in [7, 11) is 1.57. The lowest BCUT2D eigenvalue weighted by atomic mass is 10.1. The van der Waals surface area contributed by atoms with Gasteiger partial charge in [-0.25, -0.2) is 0 Å². The third kappa shape index (κ3) is 1.13. The Kier molecular flexibility index (Phi) is 1.63. The zero-order valence-electron chi connectivity index (χ0n) is 8.07. The van der Waals surface area contributed by atoms with Gasteiger partial charge in [0.05, 0.1) is 7.11 Å². The van der Waals surface area contributed by atoms with Gasteiger partial charge >= 0.3 is 0 Å². The monoisotopic (exact) mass is 182 g/mol. The fourth-order valence-corrected chi connectivity index (χ4v) is 1.74. The van der Waals surface area contributed by atoms with Crippen molar-refractivity contribution in [3.63, 3.8) is 0 Å². The molecule has 2 N–H and O–H groups in total. The average molecular weight is 182 g/mol. The zero-order chi connectivity index (χ0) is 9.64. The lowest BCUT2D eigenvalue weighted by Gasteiger charge is -1.96. The molecule has 0 aliphatic heterocycles. The highest BCUT2D eigenvalue weighted by Gasteiger charge is 2.58. The molecular weight excluding hydrogens is 168 g/mol. The van der Waals surface area contributed by atoms with E-state index in [1.807, 2.05) is 0 Å². The molecule has 0 aromatic carbocycles. The second-order valence-corrected chi connectivity index (χ2v) is 4.10. The standard InChI is InChI=1S/C9H14N2O2/c1-9(2)7(8(9)10)5-4-6(12-3)11-13-5/h4,7-8H,10H2,1-3H3/t7-,8-/m0/s1. The van der Waals surface area contributed by atoms with Crippen LogP contribution in [0.4, 0.5) is 0 Å². The van der Waals surface area contributed by atoms with E-state index in [1.54, 1.807) is 13.2 Å². The van der Waals surface area contributed by atoms with Gasteiger partial charge in [0.2, 0.25) is 0 Å². The molecule has 0 saturated heterocycles. The molecule has 2 rings (SSSR count). The molecular formula is C9H14N2O2. The first kappa shape index (κ1) is 8.56. The topological polar surface area (TPSA) is 61.3 Å². The predicted octanol–water partition coefficient (Wildman–Crippen LogP) is 1.13. The lowest BCUT2D eigenvalue weighted by Crippen LogP contribution is -2.06. The summed E-state index contributed by atoms with van der Waals surface area (Å²) in [6.45, 7) is 4.24. The Bertz CT molecular complexity index is 319. The Labute approximate surface area is 77.0 Å². The van der Waals surface area contributed by atoms with Gasteiger partial charge in [-0.3, -0.25) is 0 Å². The van der Waals surface area contributed by atoms with Gasteiger partial charge in [-0.15, -0.1) is 0 Å². The van der Waals surface area contributed by atoms with Crippen molar-refractivity contribution in [1.82, 2.24) is 5.16 Å². The summed E-state index contributed by atoms with van der Waals surface area (Å²) in [5.74, 6) is 1.63. The Balaban J connectivity index is 2.19. The van der Waals surface area contributed by atoms with Crippen molar-refractivity contribution in [2.24, 2.45) is 11.1 Å². The van der Waals surface area contributed by atoms with Gasteiger partial charge in [-0.1, -0.05) is 13.8 Å². The Morgan fingerprint density at radius 3 is 2.62 bits per heavy atom. The largest absolute Gasteiger partial charge is 0.479 e. The minimum Gasteiger partial charge on any atom is -0.479 e. The summed E-state index contributed by atoms with van der Waals surface area (Å²) < 4.78 is 10.1. The van der Waals surface area contributed by atoms with Crippen LogP contribution in [0.5, 0.6) is 5.88 Å². The summed E-state index contributed by atoms with van der Waals surface area (Å²) in [4.78, 5) is 0. The molecule has 4 nitrogen and oxygen atoms in total. The number of hydrogen-bond donors (Lipinski definition) is 1. The van der Waals surface area contributed by atoms with E-state index in [4.69, 9.17) is 15.0 Å². The van der Waals surface area contributed by atoms with Gasteiger partial charge in [-0.05, 0) is 10.6 Å². The Morgan fingerprint density at radius 1 is 1.62 bits per heavy atom. The normalized spacial score (nSPS) is 30.2. The number of nitrogens with zero attached hydrogens (tertiary/aromatic N) is 1.